The van der Waals surface area contributed by atoms with Crippen LogP contribution in [-0.2, 0) is 0 Å². The Morgan fingerprint density at radius 2 is 1.83 bits per heavy atom. The van der Waals surface area contributed by atoms with E-state index in [0.29, 0.717) is 27.8 Å². The van der Waals surface area contributed by atoms with Crippen LogP contribution in [0.4, 0.5) is 0 Å². The molecule has 29 heavy (non-hydrogen) atoms. The molecule has 2 aromatic carbocycles. The lowest BCUT2D eigenvalue weighted by atomic mass is 10.1. The van der Waals surface area contributed by atoms with Crippen molar-refractivity contribution < 1.29 is 9.47 Å². The van der Waals surface area contributed by atoms with E-state index in [9.17, 15) is 0 Å². The van der Waals surface area contributed by atoms with E-state index in [4.69, 9.17) is 21.7 Å². The molecule has 0 saturated carbocycles. The lowest BCUT2D eigenvalue weighted by Gasteiger charge is -2.09. The van der Waals surface area contributed by atoms with Crippen molar-refractivity contribution in [1.82, 2.24) is 25.1 Å². The van der Waals surface area contributed by atoms with Crippen LogP contribution in [0.2, 0.25) is 0 Å². The van der Waals surface area contributed by atoms with E-state index >= 15 is 0 Å². The zero-order chi connectivity index (χ0) is 20.2. The van der Waals surface area contributed by atoms with E-state index in [1.165, 1.54) is 4.68 Å². The molecular weight excluding hydrogens is 388 g/mol. The van der Waals surface area contributed by atoms with Gasteiger partial charge in [0.1, 0.15) is 5.69 Å². The normalized spacial score (nSPS) is 11.1. The van der Waals surface area contributed by atoms with Gasteiger partial charge < -0.3 is 9.47 Å². The summed E-state index contributed by atoms with van der Waals surface area (Å²) < 4.78 is 12.7. The summed E-state index contributed by atoms with van der Waals surface area (Å²) in [6, 6.07) is 17.3. The highest BCUT2D eigenvalue weighted by Crippen LogP contribution is 2.29. The molecule has 8 nitrogen and oxygen atoms in total. The lowest BCUT2D eigenvalue weighted by Crippen LogP contribution is -1.98. The fraction of sp³-hybridized carbons (Fsp3) is 0.100. The van der Waals surface area contributed by atoms with E-state index in [1.54, 1.807) is 20.4 Å². The molecule has 0 radical (unpaired) electrons. The van der Waals surface area contributed by atoms with Crippen LogP contribution in [0.15, 0.2) is 59.7 Å². The lowest BCUT2D eigenvalue weighted by molar-refractivity contribution is 0.354. The third-order valence-electron chi connectivity index (χ3n) is 4.28. The summed E-state index contributed by atoms with van der Waals surface area (Å²) in [5, 5.41) is 18.9. The van der Waals surface area contributed by atoms with E-state index in [1.807, 2.05) is 54.6 Å². The maximum absolute atomic E-state index is 5.44. The number of hydrogen-bond donors (Lipinski definition) is 2. The molecule has 0 aliphatic heterocycles. The molecule has 2 aromatic heterocycles. The Kier molecular flexibility index (Phi) is 5.21. The second-order valence-corrected chi connectivity index (χ2v) is 6.41. The predicted molar refractivity (Wildman–Crippen MR) is 113 cm³/mol. The molecule has 0 aliphatic rings. The van der Waals surface area contributed by atoms with Crippen molar-refractivity contribution in [2.24, 2.45) is 5.10 Å². The molecule has 0 saturated heterocycles. The Morgan fingerprint density at radius 1 is 1.00 bits per heavy atom. The van der Waals surface area contributed by atoms with Crippen LogP contribution < -0.4 is 9.47 Å². The first-order chi connectivity index (χ1) is 14.2. The molecule has 0 aliphatic carbocycles. The second-order valence-electron chi connectivity index (χ2n) is 6.02. The van der Waals surface area contributed by atoms with Crippen molar-refractivity contribution >= 4 is 18.4 Å². The van der Waals surface area contributed by atoms with E-state index < -0.39 is 0 Å². The summed E-state index contributed by atoms with van der Waals surface area (Å²) >= 11 is 5.34. The molecule has 0 fully saturated rings. The number of nitrogens with zero attached hydrogens (tertiary/aromatic N) is 4. The number of rotatable bonds is 6. The van der Waals surface area contributed by atoms with E-state index in [0.717, 1.165) is 16.8 Å². The Hall–Kier alpha value is -3.72. The van der Waals surface area contributed by atoms with Gasteiger partial charge in [-0.2, -0.15) is 20.0 Å². The fourth-order valence-corrected chi connectivity index (χ4v) is 3.08. The number of methoxy groups -OCH3 is 2. The summed E-state index contributed by atoms with van der Waals surface area (Å²) in [4.78, 5) is 0. The molecular formula is C20H18N6O2S. The molecule has 0 amide bonds. The molecule has 0 spiro atoms. The van der Waals surface area contributed by atoms with Crippen molar-refractivity contribution in [2.75, 3.05) is 14.2 Å². The zero-order valence-electron chi connectivity index (χ0n) is 15.8. The molecule has 9 heteroatoms. The summed E-state index contributed by atoms with van der Waals surface area (Å²) in [6.45, 7) is 0. The van der Waals surface area contributed by atoms with Gasteiger partial charge in [-0.25, -0.2) is 5.10 Å². The summed E-state index contributed by atoms with van der Waals surface area (Å²) in [6.07, 6.45) is 1.64. The Labute approximate surface area is 171 Å². The van der Waals surface area contributed by atoms with Crippen LogP contribution in [0.3, 0.4) is 0 Å². The summed E-state index contributed by atoms with van der Waals surface area (Å²) in [7, 11) is 3.17. The Balaban J connectivity index is 1.70. The van der Waals surface area contributed by atoms with Gasteiger partial charge in [0.25, 0.3) is 0 Å². The monoisotopic (exact) mass is 406 g/mol. The summed E-state index contributed by atoms with van der Waals surface area (Å²) in [5.74, 6) is 1.72. The van der Waals surface area contributed by atoms with Crippen LogP contribution in [0.1, 0.15) is 5.56 Å². The van der Waals surface area contributed by atoms with Gasteiger partial charge in [0.15, 0.2) is 11.5 Å². The van der Waals surface area contributed by atoms with Crippen LogP contribution in [0, 0.1) is 4.77 Å². The minimum Gasteiger partial charge on any atom is -0.493 e. The van der Waals surface area contributed by atoms with Gasteiger partial charge in [0, 0.05) is 11.1 Å². The number of ether oxygens (including phenoxy) is 2. The van der Waals surface area contributed by atoms with Crippen LogP contribution in [0.25, 0.3) is 22.8 Å². The molecule has 2 heterocycles. The maximum atomic E-state index is 5.44. The third kappa shape index (κ3) is 3.67. The molecule has 4 aromatic rings. The average Bonchev–Trinajstić information content (AvgIpc) is 3.39. The second kappa shape index (κ2) is 8.11. The van der Waals surface area contributed by atoms with E-state index in [-0.39, 0.29) is 0 Å². The van der Waals surface area contributed by atoms with Gasteiger partial charge in [-0.05, 0) is 30.4 Å². The first-order valence-corrected chi connectivity index (χ1v) is 9.16. The van der Waals surface area contributed by atoms with E-state index in [2.05, 4.69) is 25.5 Å². The van der Waals surface area contributed by atoms with Crippen molar-refractivity contribution in [3.63, 3.8) is 0 Å². The zero-order valence-corrected chi connectivity index (χ0v) is 16.6. The molecule has 0 unspecified atom stereocenters. The number of H-pyrrole nitrogens is 2. The van der Waals surface area contributed by atoms with Gasteiger partial charge in [-0.3, -0.25) is 5.10 Å². The van der Waals surface area contributed by atoms with Gasteiger partial charge >= 0.3 is 0 Å². The highest BCUT2D eigenvalue weighted by molar-refractivity contribution is 7.71. The average molecular weight is 406 g/mol. The third-order valence-corrected chi connectivity index (χ3v) is 4.55. The van der Waals surface area contributed by atoms with Gasteiger partial charge in [-0.15, -0.1) is 0 Å². The number of aromatic nitrogens is 5. The highest BCUT2D eigenvalue weighted by Gasteiger charge is 2.13. The molecule has 146 valence electrons. The Morgan fingerprint density at radius 3 is 2.59 bits per heavy atom. The molecule has 4 rings (SSSR count). The van der Waals surface area contributed by atoms with Crippen molar-refractivity contribution in [3.05, 3.63) is 64.9 Å². The molecule has 2 N–H and O–H groups in total. The van der Waals surface area contributed by atoms with Crippen molar-refractivity contribution in [1.29, 1.82) is 0 Å². The topological polar surface area (TPSA) is 93.1 Å². The van der Waals surface area contributed by atoms with Crippen molar-refractivity contribution in [2.45, 2.75) is 0 Å². The number of para-hydroxylation sites is 1. The van der Waals surface area contributed by atoms with Crippen LogP contribution >= 0.6 is 12.2 Å². The quantitative estimate of drug-likeness (QED) is 0.374. The first kappa shape index (κ1) is 18.6. The molecule has 0 atom stereocenters. The van der Waals surface area contributed by atoms with Crippen LogP contribution in [0.5, 0.6) is 11.5 Å². The number of aromatic amines is 2. The summed E-state index contributed by atoms with van der Waals surface area (Å²) in [5.41, 5.74) is 3.24. The van der Waals surface area contributed by atoms with Crippen LogP contribution in [-0.4, -0.2) is 45.5 Å². The largest absolute Gasteiger partial charge is 0.493 e. The SMILES string of the molecule is COc1cccc(/C=N/n2c(-c3cc(-c4ccccc4)n[nH]3)n[nH]c2=S)c1OC. The first-order valence-electron chi connectivity index (χ1n) is 8.75. The number of hydrogen-bond acceptors (Lipinski definition) is 6. The minimum absolute atomic E-state index is 0.356. The number of nitrogens with one attached hydrogen (secondary N) is 2. The minimum atomic E-state index is 0.356. The Bertz CT molecular complexity index is 1210. The van der Waals surface area contributed by atoms with Crippen molar-refractivity contribution in [3.8, 4) is 34.3 Å². The standard InChI is InChI=1S/C20H18N6O2S/c1-27-17-10-6-9-14(18(17)28-2)12-21-26-19(24-25-20(26)29)16-11-15(22-23-16)13-7-4-3-5-8-13/h3-12H,1-2H3,(H,22,23)(H,25,29)/b21-12+. The smallest absolute Gasteiger partial charge is 0.216 e. The number of benzene rings is 2. The predicted octanol–water partition coefficient (Wildman–Crippen LogP) is 3.90. The highest BCUT2D eigenvalue weighted by atomic mass is 32.1. The van der Waals surface area contributed by atoms with Gasteiger partial charge in [0.05, 0.1) is 26.1 Å². The molecule has 0 bridgehead atoms. The maximum Gasteiger partial charge on any atom is 0.216 e. The van der Waals surface area contributed by atoms with Gasteiger partial charge in [0.2, 0.25) is 10.6 Å². The fourth-order valence-electron chi connectivity index (χ4n) is 2.90. The van der Waals surface area contributed by atoms with Gasteiger partial charge in [-0.1, -0.05) is 36.4 Å².